The van der Waals surface area contributed by atoms with E-state index >= 15 is 0 Å². The van der Waals surface area contributed by atoms with E-state index in [0.717, 1.165) is 24.1 Å². The van der Waals surface area contributed by atoms with Crippen molar-refractivity contribution in [2.75, 3.05) is 44.2 Å². The van der Waals surface area contributed by atoms with E-state index in [1.807, 2.05) is 24.3 Å². The molecule has 0 saturated heterocycles. The minimum absolute atomic E-state index is 0.0538. The summed E-state index contributed by atoms with van der Waals surface area (Å²) in [5.41, 5.74) is 2.57. The van der Waals surface area contributed by atoms with Crippen LogP contribution in [0, 0.1) is 0 Å². The Morgan fingerprint density at radius 2 is 1.86 bits per heavy atom. The lowest BCUT2D eigenvalue weighted by atomic mass is 10.0. The number of hydrogen-bond donors (Lipinski definition) is 1. The molecule has 0 fully saturated rings. The van der Waals surface area contributed by atoms with Gasteiger partial charge in [-0.3, -0.25) is 9.59 Å². The molecule has 2 amide bonds. The molecule has 1 heterocycles. The number of amides is 2. The molecule has 0 aromatic heterocycles. The van der Waals surface area contributed by atoms with Crippen LogP contribution in [0.1, 0.15) is 12.0 Å². The standard InChI is InChI=1S/C21H24N2O5/c1-26-14-21(25)23-11-5-6-15-12-16(9-10-17(15)23)22-20(24)13-28-19-8-4-3-7-18(19)27-2/h3-4,7-10,12H,5-6,11,13-14H2,1-2H3,(H,22,24). The highest BCUT2D eigenvalue weighted by atomic mass is 16.5. The van der Waals surface area contributed by atoms with Gasteiger partial charge in [-0.25, -0.2) is 0 Å². The van der Waals surface area contributed by atoms with Crippen LogP contribution in [0.3, 0.4) is 0 Å². The molecular weight excluding hydrogens is 360 g/mol. The second-order valence-corrected chi connectivity index (χ2v) is 6.41. The van der Waals surface area contributed by atoms with E-state index in [1.54, 1.807) is 30.2 Å². The van der Waals surface area contributed by atoms with Crippen molar-refractivity contribution in [3.8, 4) is 11.5 Å². The molecule has 1 aliphatic heterocycles. The number of hydrogen-bond acceptors (Lipinski definition) is 5. The van der Waals surface area contributed by atoms with Gasteiger partial charge in [0.1, 0.15) is 6.61 Å². The van der Waals surface area contributed by atoms with Crippen LogP contribution in [0.15, 0.2) is 42.5 Å². The molecule has 0 aliphatic carbocycles. The Morgan fingerprint density at radius 3 is 2.61 bits per heavy atom. The van der Waals surface area contributed by atoms with Gasteiger partial charge in [-0.15, -0.1) is 0 Å². The normalized spacial score (nSPS) is 12.9. The first kappa shape index (κ1) is 19.7. The molecule has 28 heavy (non-hydrogen) atoms. The van der Waals surface area contributed by atoms with Gasteiger partial charge in [-0.05, 0) is 48.7 Å². The Morgan fingerprint density at radius 1 is 1.07 bits per heavy atom. The van der Waals surface area contributed by atoms with E-state index in [9.17, 15) is 9.59 Å². The van der Waals surface area contributed by atoms with Crippen molar-refractivity contribution in [3.63, 3.8) is 0 Å². The Hall–Kier alpha value is -3.06. The van der Waals surface area contributed by atoms with Gasteiger partial charge < -0.3 is 24.4 Å². The summed E-state index contributed by atoms with van der Waals surface area (Å²) in [6.45, 7) is 0.599. The SMILES string of the molecule is COCC(=O)N1CCCc2cc(NC(=O)COc3ccccc3OC)ccc21. The molecule has 3 rings (SSSR count). The summed E-state index contributed by atoms with van der Waals surface area (Å²) in [5, 5.41) is 2.84. The second-order valence-electron chi connectivity index (χ2n) is 6.41. The summed E-state index contributed by atoms with van der Waals surface area (Å²) < 4.78 is 15.7. The largest absolute Gasteiger partial charge is 0.493 e. The summed E-state index contributed by atoms with van der Waals surface area (Å²) >= 11 is 0. The Labute approximate surface area is 164 Å². The average molecular weight is 384 g/mol. The summed E-state index contributed by atoms with van der Waals surface area (Å²) in [5.74, 6) is 0.752. The summed E-state index contributed by atoms with van der Waals surface area (Å²) in [6, 6.07) is 12.7. The van der Waals surface area contributed by atoms with Gasteiger partial charge in [-0.1, -0.05) is 12.1 Å². The van der Waals surface area contributed by atoms with Crippen LogP contribution in [-0.2, 0) is 20.7 Å². The van der Waals surface area contributed by atoms with Gasteiger partial charge >= 0.3 is 0 Å². The Bertz CT molecular complexity index is 852. The van der Waals surface area contributed by atoms with Crippen LogP contribution in [0.5, 0.6) is 11.5 Å². The molecule has 0 unspecified atom stereocenters. The quantitative estimate of drug-likeness (QED) is 0.794. The molecule has 1 N–H and O–H groups in total. The van der Waals surface area contributed by atoms with Crippen molar-refractivity contribution in [3.05, 3.63) is 48.0 Å². The fourth-order valence-electron chi connectivity index (χ4n) is 3.21. The lowest BCUT2D eigenvalue weighted by Gasteiger charge is -2.29. The summed E-state index contributed by atoms with van der Waals surface area (Å²) in [4.78, 5) is 26.2. The van der Waals surface area contributed by atoms with Gasteiger partial charge in [-0.2, -0.15) is 0 Å². The maximum Gasteiger partial charge on any atom is 0.262 e. The maximum absolute atomic E-state index is 12.3. The molecule has 0 bridgehead atoms. The fourth-order valence-corrected chi connectivity index (χ4v) is 3.21. The molecule has 2 aromatic rings. The van der Waals surface area contributed by atoms with E-state index in [1.165, 1.54) is 7.11 Å². The zero-order chi connectivity index (χ0) is 19.9. The highest BCUT2D eigenvalue weighted by Gasteiger charge is 2.22. The lowest BCUT2D eigenvalue weighted by molar-refractivity contribution is -0.122. The smallest absolute Gasteiger partial charge is 0.262 e. The van der Waals surface area contributed by atoms with Gasteiger partial charge in [0, 0.05) is 25.0 Å². The van der Waals surface area contributed by atoms with E-state index in [2.05, 4.69) is 5.32 Å². The number of carbonyl (C=O) groups is 2. The van der Waals surface area contributed by atoms with Crippen molar-refractivity contribution in [2.45, 2.75) is 12.8 Å². The van der Waals surface area contributed by atoms with E-state index in [4.69, 9.17) is 14.2 Å². The van der Waals surface area contributed by atoms with Crippen molar-refractivity contribution < 1.29 is 23.8 Å². The predicted octanol–water partition coefficient (Wildman–Crippen LogP) is 2.64. The van der Waals surface area contributed by atoms with Crippen molar-refractivity contribution in [2.24, 2.45) is 0 Å². The average Bonchev–Trinajstić information content (AvgIpc) is 2.72. The van der Waals surface area contributed by atoms with Crippen LogP contribution < -0.4 is 19.7 Å². The second kappa shape index (κ2) is 9.23. The molecular formula is C21H24N2O5. The first-order chi connectivity index (χ1) is 13.6. The molecule has 0 atom stereocenters. The number of fused-ring (bicyclic) bond motifs is 1. The third-order valence-corrected chi connectivity index (χ3v) is 4.48. The number of anilines is 2. The third-order valence-electron chi connectivity index (χ3n) is 4.48. The first-order valence-electron chi connectivity index (χ1n) is 9.10. The van der Waals surface area contributed by atoms with Gasteiger partial charge in [0.2, 0.25) is 0 Å². The number of methoxy groups -OCH3 is 2. The monoisotopic (exact) mass is 384 g/mol. The van der Waals surface area contributed by atoms with Crippen LogP contribution in [0.25, 0.3) is 0 Å². The predicted molar refractivity (Wildman–Crippen MR) is 106 cm³/mol. The highest BCUT2D eigenvalue weighted by molar-refractivity contribution is 5.96. The van der Waals surface area contributed by atoms with Gasteiger partial charge in [0.25, 0.3) is 11.8 Å². The first-order valence-corrected chi connectivity index (χ1v) is 9.10. The number of para-hydroxylation sites is 2. The van der Waals surface area contributed by atoms with Crippen LogP contribution in [0.2, 0.25) is 0 Å². The van der Waals surface area contributed by atoms with Crippen LogP contribution in [0.4, 0.5) is 11.4 Å². The van der Waals surface area contributed by atoms with Crippen molar-refractivity contribution in [1.29, 1.82) is 0 Å². The number of nitrogens with zero attached hydrogens (tertiary/aromatic N) is 1. The van der Waals surface area contributed by atoms with Gasteiger partial charge in [0.05, 0.1) is 7.11 Å². The molecule has 2 aromatic carbocycles. The molecule has 0 spiro atoms. The zero-order valence-electron chi connectivity index (χ0n) is 16.1. The lowest BCUT2D eigenvalue weighted by Crippen LogP contribution is -2.37. The number of benzene rings is 2. The fraction of sp³-hybridized carbons (Fsp3) is 0.333. The highest BCUT2D eigenvalue weighted by Crippen LogP contribution is 2.30. The number of rotatable bonds is 7. The number of ether oxygens (including phenoxy) is 3. The maximum atomic E-state index is 12.3. The molecule has 148 valence electrons. The van der Waals surface area contributed by atoms with Crippen LogP contribution >= 0.6 is 0 Å². The molecule has 1 aliphatic rings. The van der Waals surface area contributed by atoms with E-state index < -0.39 is 0 Å². The van der Waals surface area contributed by atoms with E-state index in [-0.39, 0.29) is 25.0 Å². The number of aryl methyl sites for hydroxylation is 1. The molecule has 7 nitrogen and oxygen atoms in total. The van der Waals surface area contributed by atoms with Gasteiger partial charge in [0.15, 0.2) is 18.1 Å². The Balaban J connectivity index is 1.63. The topological polar surface area (TPSA) is 77.1 Å². The van der Waals surface area contributed by atoms with Crippen molar-refractivity contribution >= 4 is 23.2 Å². The molecule has 0 radical (unpaired) electrons. The third kappa shape index (κ3) is 4.61. The van der Waals surface area contributed by atoms with Crippen molar-refractivity contribution in [1.82, 2.24) is 0 Å². The number of carbonyl (C=O) groups excluding carboxylic acids is 2. The van der Waals surface area contributed by atoms with Crippen LogP contribution in [-0.4, -0.2) is 45.8 Å². The minimum Gasteiger partial charge on any atom is -0.493 e. The van der Waals surface area contributed by atoms with E-state index in [0.29, 0.717) is 23.7 Å². The minimum atomic E-state index is -0.269. The molecule has 7 heteroatoms. The summed E-state index contributed by atoms with van der Waals surface area (Å²) in [7, 11) is 3.06. The summed E-state index contributed by atoms with van der Waals surface area (Å²) in [6.07, 6.45) is 1.73. The molecule has 0 saturated carbocycles. The zero-order valence-corrected chi connectivity index (χ0v) is 16.1. The Kier molecular flexibility index (Phi) is 6.49. The number of nitrogens with one attached hydrogen (secondary N) is 1.